The molecule has 3 aromatic heterocycles. The van der Waals surface area contributed by atoms with E-state index in [0.29, 0.717) is 54.1 Å². The minimum absolute atomic E-state index is 0.132. The fourth-order valence-corrected chi connectivity index (χ4v) is 4.07. The first-order valence-electron chi connectivity index (χ1n) is 12.5. The Morgan fingerprint density at radius 2 is 1.85 bits per heavy atom. The maximum atomic E-state index is 13.7. The second-order valence-corrected chi connectivity index (χ2v) is 9.39. The Balaban J connectivity index is 1.41. The van der Waals surface area contributed by atoms with E-state index in [4.69, 9.17) is 20.2 Å². The van der Waals surface area contributed by atoms with E-state index in [1.54, 1.807) is 43.7 Å². The summed E-state index contributed by atoms with van der Waals surface area (Å²) < 4.78 is 25.5. The smallest absolute Gasteiger partial charge is 0.230 e. The number of imidazole rings is 1. The first-order chi connectivity index (χ1) is 18.9. The summed E-state index contributed by atoms with van der Waals surface area (Å²) in [6.45, 7) is 3.27. The van der Waals surface area contributed by atoms with Crippen LogP contribution in [0.5, 0.6) is 0 Å². The summed E-state index contributed by atoms with van der Waals surface area (Å²) in [5.74, 6) is 0.284. The molecule has 0 radical (unpaired) electrons. The quantitative estimate of drug-likeness (QED) is 0.255. The fraction of sp³-hybridized carbons (Fsp3) is 0.296. The molecular weight excluding hydrogens is 503 g/mol. The van der Waals surface area contributed by atoms with Crippen molar-refractivity contribution in [1.29, 1.82) is 0 Å². The Morgan fingerprint density at radius 3 is 2.56 bits per heavy atom. The maximum Gasteiger partial charge on any atom is 0.230 e. The van der Waals surface area contributed by atoms with Gasteiger partial charge in [0.1, 0.15) is 5.82 Å². The van der Waals surface area contributed by atoms with Crippen molar-refractivity contribution in [3.63, 3.8) is 0 Å². The van der Waals surface area contributed by atoms with Gasteiger partial charge in [-0.05, 0) is 55.0 Å². The molecule has 1 fully saturated rings. The zero-order chi connectivity index (χ0) is 27.2. The van der Waals surface area contributed by atoms with Gasteiger partial charge in [0, 0.05) is 43.8 Å². The summed E-state index contributed by atoms with van der Waals surface area (Å²) in [6.07, 6.45) is 4.25. The van der Waals surface area contributed by atoms with Crippen molar-refractivity contribution < 1.29 is 18.7 Å². The third-order valence-corrected chi connectivity index (χ3v) is 6.26. The molecule has 5 rings (SSSR count). The van der Waals surface area contributed by atoms with Crippen LogP contribution >= 0.6 is 0 Å². The lowest BCUT2D eigenvalue weighted by Crippen LogP contribution is -2.49. The van der Waals surface area contributed by atoms with Gasteiger partial charge in [-0.2, -0.15) is 0 Å². The number of hydrogen-bond acceptors (Lipinski definition) is 9. The standard InChI is InChI=1S/C27H29FN8O3/c1-27(25(37)31-13-9-29)15-38-24(39-16-27)23-35-21(18-2-4-19(28)5-3-18)22(36-23)20-8-12-32-26(34-20)33-14-17-6-10-30-11-7-17/h2-8,10-12,24H,9,13-16,29H2,1H3,(H,31,37)(H,35,36)(H,32,33,34). The molecule has 1 amide bonds. The number of ether oxygens (including phenoxy) is 2. The van der Waals surface area contributed by atoms with Gasteiger partial charge in [-0.3, -0.25) is 9.78 Å². The maximum absolute atomic E-state index is 13.7. The van der Waals surface area contributed by atoms with E-state index in [-0.39, 0.29) is 24.9 Å². The number of nitrogens with zero attached hydrogens (tertiary/aromatic N) is 4. The zero-order valence-electron chi connectivity index (χ0n) is 21.4. The predicted octanol–water partition coefficient (Wildman–Crippen LogP) is 2.81. The lowest BCUT2D eigenvalue weighted by atomic mass is 9.91. The van der Waals surface area contributed by atoms with Gasteiger partial charge in [0.05, 0.1) is 35.7 Å². The molecule has 0 aliphatic carbocycles. The number of anilines is 1. The second kappa shape index (κ2) is 11.6. The predicted molar refractivity (Wildman–Crippen MR) is 141 cm³/mol. The van der Waals surface area contributed by atoms with Crippen LogP contribution in [-0.4, -0.2) is 57.1 Å². The Hall–Kier alpha value is -4.26. The Bertz CT molecular complexity index is 1410. The monoisotopic (exact) mass is 532 g/mol. The summed E-state index contributed by atoms with van der Waals surface area (Å²) in [5, 5.41) is 6.00. The van der Waals surface area contributed by atoms with Crippen LogP contribution < -0.4 is 16.4 Å². The Kier molecular flexibility index (Phi) is 7.87. The van der Waals surface area contributed by atoms with Crippen LogP contribution in [0.4, 0.5) is 10.3 Å². The van der Waals surface area contributed by atoms with Gasteiger partial charge in [0.15, 0.2) is 5.82 Å². The van der Waals surface area contributed by atoms with Gasteiger partial charge >= 0.3 is 0 Å². The number of carbonyl (C=O) groups excluding carboxylic acids is 1. The second-order valence-electron chi connectivity index (χ2n) is 9.39. The third kappa shape index (κ3) is 6.08. The van der Waals surface area contributed by atoms with Crippen LogP contribution in [0.25, 0.3) is 22.6 Å². The molecule has 1 saturated heterocycles. The average Bonchev–Trinajstić information content (AvgIpc) is 3.42. The summed E-state index contributed by atoms with van der Waals surface area (Å²) in [4.78, 5) is 33.6. The molecule has 0 atom stereocenters. The van der Waals surface area contributed by atoms with Gasteiger partial charge in [0.25, 0.3) is 0 Å². The number of halogens is 1. The van der Waals surface area contributed by atoms with E-state index in [0.717, 1.165) is 5.56 Å². The highest BCUT2D eigenvalue weighted by atomic mass is 19.1. The SMILES string of the molecule is CC1(C(=O)NCCN)COC(c2nc(-c3ccc(F)cc3)c(-c3ccnc(NCc4ccncc4)n3)[nH]2)OC1. The van der Waals surface area contributed by atoms with Crippen LogP contribution in [0, 0.1) is 11.2 Å². The lowest BCUT2D eigenvalue weighted by molar-refractivity contribution is -0.231. The minimum Gasteiger partial charge on any atom is -0.354 e. The van der Waals surface area contributed by atoms with Crippen molar-refractivity contribution in [3.8, 4) is 22.6 Å². The zero-order valence-corrected chi connectivity index (χ0v) is 21.4. The number of rotatable bonds is 9. The molecule has 4 aromatic rings. The van der Waals surface area contributed by atoms with Crippen molar-refractivity contribution >= 4 is 11.9 Å². The molecule has 1 aliphatic rings. The Labute approximate surface area is 224 Å². The number of nitrogens with two attached hydrogens (primary N) is 1. The molecule has 4 heterocycles. The normalized spacial score (nSPS) is 19.0. The molecule has 0 bridgehead atoms. The number of H-pyrrole nitrogens is 1. The van der Waals surface area contributed by atoms with Gasteiger partial charge in [-0.25, -0.2) is 19.3 Å². The highest BCUT2D eigenvalue weighted by Crippen LogP contribution is 2.35. The first-order valence-corrected chi connectivity index (χ1v) is 12.5. The van der Waals surface area contributed by atoms with Gasteiger partial charge in [-0.15, -0.1) is 0 Å². The number of benzene rings is 1. The van der Waals surface area contributed by atoms with Crippen molar-refractivity contribution in [2.45, 2.75) is 19.8 Å². The summed E-state index contributed by atoms with van der Waals surface area (Å²) in [6, 6.07) is 11.6. The van der Waals surface area contributed by atoms with Crippen LogP contribution in [0.2, 0.25) is 0 Å². The molecule has 5 N–H and O–H groups in total. The molecular formula is C27H29FN8O3. The van der Waals surface area contributed by atoms with Gasteiger partial charge in [-0.1, -0.05) is 0 Å². The van der Waals surface area contributed by atoms with E-state index in [9.17, 15) is 9.18 Å². The van der Waals surface area contributed by atoms with E-state index < -0.39 is 11.7 Å². The minimum atomic E-state index is -0.858. The van der Waals surface area contributed by atoms with Crippen molar-refractivity contribution in [2.75, 3.05) is 31.6 Å². The number of hydrogen-bond donors (Lipinski definition) is 4. The third-order valence-electron chi connectivity index (χ3n) is 6.26. The van der Waals surface area contributed by atoms with Crippen molar-refractivity contribution in [1.82, 2.24) is 30.2 Å². The molecule has 0 unspecified atom stereocenters. The van der Waals surface area contributed by atoms with E-state index in [1.807, 2.05) is 12.1 Å². The van der Waals surface area contributed by atoms with Crippen LogP contribution in [-0.2, 0) is 20.8 Å². The van der Waals surface area contributed by atoms with E-state index >= 15 is 0 Å². The highest BCUT2D eigenvalue weighted by molar-refractivity contribution is 5.82. The molecule has 0 spiro atoms. The van der Waals surface area contributed by atoms with Crippen LogP contribution in [0.15, 0.2) is 61.1 Å². The molecule has 1 aromatic carbocycles. The summed E-state index contributed by atoms with van der Waals surface area (Å²) in [5.41, 5.74) is 8.06. The molecule has 1 aliphatic heterocycles. The largest absolute Gasteiger partial charge is 0.354 e. The van der Waals surface area contributed by atoms with E-state index in [2.05, 4.69) is 30.6 Å². The number of carbonyl (C=O) groups is 1. The summed E-state index contributed by atoms with van der Waals surface area (Å²) in [7, 11) is 0. The highest BCUT2D eigenvalue weighted by Gasteiger charge is 2.40. The Morgan fingerprint density at radius 1 is 1.10 bits per heavy atom. The van der Waals surface area contributed by atoms with Crippen molar-refractivity contribution in [2.24, 2.45) is 11.1 Å². The number of aromatic nitrogens is 5. The lowest BCUT2D eigenvalue weighted by Gasteiger charge is -2.35. The molecule has 202 valence electrons. The van der Waals surface area contributed by atoms with Crippen LogP contribution in [0.1, 0.15) is 24.6 Å². The molecule has 0 saturated carbocycles. The van der Waals surface area contributed by atoms with Crippen LogP contribution in [0.3, 0.4) is 0 Å². The fourth-order valence-electron chi connectivity index (χ4n) is 4.07. The molecule has 12 heteroatoms. The number of amides is 1. The molecule has 39 heavy (non-hydrogen) atoms. The van der Waals surface area contributed by atoms with Gasteiger partial charge < -0.3 is 30.8 Å². The number of aromatic amines is 1. The van der Waals surface area contributed by atoms with Crippen molar-refractivity contribution in [3.05, 3.63) is 78.3 Å². The van der Waals surface area contributed by atoms with Gasteiger partial charge in [0.2, 0.25) is 18.1 Å². The molecule has 11 nitrogen and oxygen atoms in total. The average molecular weight is 533 g/mol. The first kappa shape index (κ1) is 26.4. The topological polar surface area (TPSA) is 153 Å². The summed E-state index contributed by atoms with van der Waals surface area (Å²) >= 11 is 0. The number of nitrogens with one attached hydrogen (secondary N) is 3. The number of pyridine rings is 1. The van der Waals surface area contributed by atoms with E-state index in [1.165, 1.54) is 12.1 Å².